The number of para-hydroxylation sites is 3. The molecule has 8 rings (SSSR count). The lowest BCUT2D eigenvalue weighted by molar-refractivity contribution is 0.0428. The zero-order chi connectivity index (χ0) is 42.6. The molecule has 0 atom stereocenters. The number of benzene rings is 4. The van der Waals surface area contributed by atoms with Crippen molar-refractivity contribution in [2.75, 3.05) is 0 Å². The molecule has 0 N–H and O–H groups in total. The van der Waals surface area contributed by atoms with E-state index in [0.717, 1.165) is 27.4 Å². The molecule has 0 spiro atoms. The Morgan fingerprint density at radius 1 is 0.618 bits per heavy atom. The lowest BCUT2D eigenvalue weighted by atomic mass is 9.84. The van der Waals surface area contributed by atoms with Crippen LogP contribution in [0.15, 0.2) is 122 Å². The number of pyridine rings is 2. The molecule has 55 heavy (non-hydrogen) atoms. The van der Waals surface area contributed by atoms with Crippen LogP contribution in [0.4, 0.5) is 31.5 Å². The fraction of sp³-hybridized carbons (Fsp3) is 0.271. The van der Waals surface area contributed by atoms with Crippen LogP contribution in [0.5, 0.6) is 0 Å². The molecule has 5 nitrogen and oxygen atoms in total. The van der Waals surface area contributed by atoms with E-state index in [4.69, 9.17) is 10.5 Å². The molecule has 3 aromatic heterocycles. The van der Waals surface area contributed by atoms with E-state index in [0.29, 0.717) is 28.3 Å². The maximum Gasteiger partial charge on any atom is 0.503 e. The average Bonchev–Trinajstić information content (AvgIpc) is 3.75. The first kappa shape index (κ1) is 31.6. The smallest absolute Gasteiger partial charge is 0.292 e. The maximum absolute atomic E-state index is 17.5. The molecule has 0 unspecified atom stereocenters. The largest absolute Gasteiger partial charge is 0.503 e. The highest BCUT2D eigenvalue weighted by Gasteiger charge is 2.42. The molecule has 0 aliphatic carbocycles. The van der Waals surface area contributed by atoms with Crippen molar-refractivity contribution in [3.8, 4) is 5.82 Å². The molecule has 0 saturated heterocycles. The Bertz CT molecular complexity index is 2960. The van der Waals surface area contributed by atoms with Gasteiger partial charge in [-0.05, 0) is 66.9 Å². The molecule has 0 bridgehead atoms. The summed E-state index contributed by atoms with van der Waals surface area (Å²) in [6, 6.07) is 24.9. The number of fused-ring (bicyclic) bond motifs is 4. The van der Waals surface area contributed by atoms with Crippen LogP contribution in [0, 0.1) is 0 Å². The Labute approximate surface area is 327 Å². The lowest BCUT2D eigenvalue weighted by Crippen LogP contribution is -2.19. The van der Waals surface area contributed by atoms with Crippen LogP contribution in [0.2, 0.25) is 0 Å². The van der Waals surface area contributed by atoms with Crippen LogP contribution in [0.3, 0.4) is 0 Å². The molecule has 7 aromatic rings. The van der Waals surface area contributed by atoms with Crippen molar-refractivity contribution in [1.82, 2.24) is 23.7 Å². The minimum Gasteiger partial charge on any atom is -0.292 e. The number of hydrogen-bond acceptors (Lipinski definition) is 2. The van der Waals surface area contributed by atoms with E-state index in [1.54, 1.807) is 35.3 Å². The molecule has 1 aliphatic rings. The first-order valence-electron chi connectivity index (χ1n) is 20.5. The zero-order valence-electron chi connectivity index (χ0n) is 36.7. The highest BCUT2D eigenvalue weighted by Crippen LogP contribution is 2.45. The van der Waals surface area contributed by atoms with Crippen molar-refractivity contribution in [3.05, 3.63) is 149 Å². The van der Waals surface area contributed by atoms with Gasteiger partial charge >= 0.3 is 6.01 Å². The quantitative estimate of drug-likeness (QED) is 0.165. The number of halogens is 2. The zero-order valence-corrected chi connectivity index (χ0v) is 32.7. The second-order valence-electron chi connectivity index (χ2n) is 17.4. The Morgan fingerprint density at radius 2 is 1.29 bits per heavy atom. The third-order valence-electron chi connectivity index (χ3n) is 10.4. The Morgan fingerprint density at radius 3 is 2.00 bits per heavy atom. The van der Waals surface area contributed by atoms with Gasteiger partial charge in [-0.1, -0.05) is 105 Å². The van der Waals surface area contributed by atoms with Gasteiger partial charge in [0.25, 0.3) is 17.3 Å². The molecule has 4 heterocycles. The summed E-state index contributed by atoms with van der Waals surface area (Å²) in [5, 5.41) is 1.66. The van der Waals surface area contributed by atoms with Gasteiger partial charge < -0.3 is 0 Å². The highest BCUT2D eigenvalue weighted by atomic mass is 19.3. The molecular formula is C48H47F2N5+2. The Kier molecular flexibility index (Phi) is 7.25. The Hall–Kier alpha value is -5.78. The minimum absolute atomic E-state index is 0.129. The van der Waals surface area contributed by atoms with Gasteiger partial charge in [0.15, 0.2) is 0 Å². The summed E-state index contributed by atoms with van der Waals surface area (Å²) in [5.41, 5.74) is 3.62. The molecule has 0 fully saturated rings. The van der Waals surface area contributed by atoms with Gasteiger partial charge in [-0.2, -0.15) is 8.78 Å². The van der Waals surface area contributed by atoms with Gasteiger partial charge in [0, 0.05) is 70.1 Å². The molecule has 0 amide bonds. The van der Waals surface area contributed by atoms with Crippen molar-refractivity contribution in [2.24, 2.45) is 0 Å². The molecule has 0 radical (unpaired) electrons. The number of nitrogens with zero attached hydrogens (tertiary/aromatic N) is 5. The summed E-state index contributed by atoms with van der Waals surface area (Å²) in [5.74, 6) is -2.91. The second-order valence-corrected chi connectivity index (χ2v) is 17.4. The van der Waals surface area contributed by atoms with Crippen molar-refractivity contribution in [2.45, 2.75) is 84.5 Å². The Balaban J connectivity index is 1.38. The van der Waals surface area contributed by atoms with E-state index in [1.807, 2.05) is 67.8 Å². The van der Waals surface area contributed by atoms with Gasteiger partial charge in [-0.3, -0.25) is 9.55 Å². The molecule has 4 aromatic carbocycles. The normalized spacial score (nSPS) is 14.7. The molecule has 7 heteroatoms. The standard InChI is InChI=1S/C48H47F2N5/c1-45(2,3)31-20-23-52-44(28-31)55-42-27-32(18-19-36(42)37-21-22-51-29-43(37)55)48(49,50)34-24-33(46(4,5)6)25-35(26-34)53-30-54(41-17-13-12-16-40(41)53)39-15-11-10-14-38(39)47(7,8)9/h10-29H,1-9H3/q+2/i12D,13D,16D,17D. The van der Waals surface area contributed by atoms with Gasteiger partial charge in [0.05, 0.1) is 22.7 Å². The SMILES string of the molecule is [2H]c1c([2H])c([2H])c2c(c1[2H])[N+](c1cc(C(C)(C)C)cc(C(F)(F)c3ccc4c5ccncc5n(-c5cc(C(C)(C)C)ccn5)c4c3)c1)=C=[N+]2c1ccccc1C(C)(C)C. The van der Waals surface area contributed by atoms with E-state index >= 15 is 8.78 Å². The second kappa shape index (κ2) is 12.6. The number of hydrogen-bond donors (Lipinski definition) is 0. The third kappa shape index (κ3) is 6.27. The van der Waals surface area contributed by atoms with Crippen molar-refractivity contribution in [1.29, 1.82) is 0 Å². The summed E-state index contributed by atoms with van der Waals surface area (Å²) in [6.45, 7) is 18.4. The van der Waals surface area contributed by atoms with Crippen molar-refractivity contribution in [3.63, 3.8) is 0 Å². The van der Waals surface area contributed by atoms with Crippen LogP contribution in [-0.4, -0.2) is 20.5 Å². The van der Waals surface area contributed by atoms with Crippen LogP contribution in [0.25, 0.3) is 27.6 Å². The molecular weight excluding hydrogens is 685 g/mol. The first-order valence-corrected chi connectivity index (χ1v) is 18.5. The van der Waals surface area contributed by atoms with E-state index in [2.05, 4.69) is 52.5 Å². The van der Waals surface area contributed by atoms with Gasteiger partial charge in [0.2, 0.25) is 11.4 Å². The van der Waals surface area contributed by atoms with Gasteiger partial charge in [-0.25, -0.2) is 4.98 Å². The highest BCUT2D eigenvalue weighted by molar-refractivity contribution is 6.09. The molecule has 276 valence electrons. The topological polar surface area (TPSA) is 36.7 Å². The van der Waals surface area contributed by atoms with Gasteiger partial charge in [-0.15, -0.1) is 0 Å². The number of aromatic nitrogens is 3. The summed E-state index contributed by atoms with van der Waals surface area (Å²) in [7, 11) is 0. The van der Waals surface area contributed by atoms with E-state index in [1.165, 1.54) is 28.8 Å². The lowest BCUT2D eigenvalue weighted by Gasteiger charge is -2.23. The fourth-order valence-corrected chi connectivity index (χ4v) is 7.32. The monoisotopic (exact) mass is 735 g/mol. The van der Waals surface area contributed by atoms with Crippen LogP contribution < -0.4 is 9.15 Å². The van der Waals surface area contributed by atoms with Crippen molar-refractivity contribution >= 4 is 50.6 Å². The predicted octanol–water partition coefficient (Wildman–Crippen LogP) is 12.5. The van der Waals surface area contributed by atoms with E-state index < -0.39 is 23.4 Å². The predicted molar refractivity (Wildman–Crippen MR) is 223 cm³/mol. The minimum atomic E-state index is -3.51. The summed E-state index contributed by atoms with van der Waals surface area (Å²) < 4.78 is 75.5. The maximum atomic E-state index is 17.5. The molecule has 1 aliphatic heterocycles. The number of rotatable bonds is 5. The first-order chi connectivity index (χ1) is 27.6. The van der Waals surface area contributed by atoms with Crippen molar-refractivity contribution < 1.29 is 14.3 Å². The van der Waals surface area contributed by atoms with E-state index in [-0.39, 0.29) is 45.4 Å². The van der Waals surface area contributed by atoms with Crippen LogP contribution in [-0.2, 0) is 22.2 Å². The van der Waals surface area contributed by atoms with Crippen LogP contribution in [0.1, 0.15) is 95.6 Å². The fourth-order valence-electron chi connectivity index (χ4n) is 7.32. The summed E-state index contributed by atoms with van der Waals surface area (Å²) >= 11 is 0. The molecule has 0 saturated carbocycles. The third-order valence-corrected chi connectivity index (χ3v) is 10.4. The summed E-state index contributed by atoms with van der Waals surface area (Å²) in [4.78, 5) is 9.09. The summed E-state index contributed by atoms with van der Waals surface area (Å²) in [6.07, 6.45) is 5.17. The van der Waals surface area contributed by atoms with Gasteiger partial charge in [0.1, 0.15) is 5.82 Å². The average molecular weight is 736 g/mol. The van der Waals surface area contributed by atoms with Crippen LogP contribution >= 0.6 is 0 Å². The van der Waals surface area contributed by atoms with E-state index in [9.17, 15) is 0 Å². The number of alkyl halides is 2.